The molecule has 0 amide bonds. The quantitative estimate of drug-likeness (QED) is 0.914. The number of nitrogens with zero attached hydrogens (tertiary/aromatic N) is 1. The van der Waals surface area contributed by atoms with Crippen LogP contribution in [0, 0.1) is 0 Å². The van der Waals surface area contributed by atoms with Gasteiger partial charge in [-0.2, -0.15) is 0 Å². The third-order valence-electron chi connectivity index (χ3n) is 3.88. The van der Waals surface area contributed by atoms with Gasteiger partial charge in [-0.25, -0.2) is 12.7 Å². The van der Waals surface area contributed by atoms with Crippen molar-refractivity contribution in [3.8, 4) is 5.75 Å². The van der Waals surface area contributed by atoms with Crippen molar-refractivity contribution in [1.29, 1.82) is 0 Å². The van der Waals surface area contributed by atoms with Gasteiger partial charge in [-0.15, -0.1) is 0 Å². The molecule has 23 heavy (non-hydrogen) atoms. The predicted molar refractivity (Wildman–Crippen MR) is 90.3 cm³/mol. The molecule has 6 heteroatoms. The van der Waals surface area contributed by atoms with E-state index in [4.69, 9.17) is 4.74 Å². The fourth-order valence-corrected chi connectivity index (χ4v) is 3.57. The smallest absolute Gasteiger partial charge is 0.242 e. The summed E-state index contributed by atoms with van der Waals surface area (Å²) in [4.78, 5) is 0.278. The SMILES string of the molecule is CN(C)S(=O)(=O)c1cccc(COc2cccc3c2NCC3)c1. The summed E-state index contributed by atoms with van der Waals surface area (Å²) in [6.45, 7) is 1.25. The molecule has 0 fully saturated rings. The number of anilines is 1. The highest BCUT2D eigenvalue weighted by Gasteiger charge is 2.18. The van der Waals surface area contributed by atoms with E-state index in [0.717, 1.165) is 30.0 Å². The minimum absolute atomic E-state index is 0.278. The summed E-state index contributed by atoms with van der Waals surface area (Å²) in [7, 11) is -0.376. The minimum atomic E-state index is -3.43. The average molecular weight is 332 g/mol. The van der Waals surface area contributed by atoms with Crippen LogP contribution in [0.15, 0.2) is 47.4 Å². The molecule has 0 saturated carbocycles. The number of para-hydroxylation sites is 1. The third-order valence-corrected chi connectivity index (χ3v) is 5.69. The average Bonchev–Trinajstić information content (AvgIpc) is 3.02. The Morgan fingerprint density at radius 2 is 1.96 bits per heavy atom. The second kappa shape index (κ2) is 6.22. The lowest BCUT2D eigenvalue weighted by atomic mass is 10.1. The minimum Gasteiger partial charge on any atom is -0.487 e. The molecule has 0 radical (unpaired) electrons. The van der Waals surface area contributed by atoms with E-state index in [0.29, 0.717) is 6.61 Å². The molecule has 2 aromatic carbocycles. The van der Waals surface area contributed by atoms with Gasteiger partial charge in [-0.1, -0.05) is 24.3 Å². The zero-order valence-electron chi connectivity index (χ0n) is 13.2. The molecule has 0 unspecified atom stereocenters. The summed E-state index contributed by atoms with van der Waals surface area (Å²) in [5.74, 6) is 0.806. The summed E-state index contributed by atoms with van der Waals surface area (Å²) in [5.41, 5.74) is 3.12. The van der Waals surface area contributed by atoms with Crippen molar-refractivity contribution in [1.82, 2.24) is 4.31 Å². The molecule has 0 atom stereocenters. The van der Waals surface area contributed by atoms with Crippen LogP contribution in [0.4, 0.5) is 5.69 Å². The van der Waals surface area contributed by atoms with Gasteiger partial charge in [0.15, 0.2) is 0 Å². The monoisotopic (exact) mass is 332 g/mol. The third kappa shape index (κ3) is 3.18. The number of nitrogens with one attached hydrogen (secondary N) is 1. The van der Waals surface area contributed by atoms with Crippen LogP contribution in [0.2, 0.25) is 0 Å². The molecular formula is C17H20N2O3S. The van der Waals surface area contributed by atoms with E-state index in [2.05, 4.69) is 11.4 Å². The van der Waals surface area contributed by atoms with Gasteiger partial charge in [0.2, 0.25) is 10.0 Å². The van der Waals surface area contributed by atoms with Gasteiger partial charge in [0.1, 0.15) is 12.4 Å². The number of fused-ring (bicyclic) bond motifs is 1. The predicted octanol–water partition coefficient (Wildman–Crippen LogP) is 2.48. The molecular weight excluding hydrogens is 312 g/mol. The van der Waals surface area contributed by atoms with Crippen LogP contribution in [0.3, 0.4) is 0 Å². The largest absolute Gasteiger partial charge is 0.487 e. The first kappa shape index (κ1) is 15.8. The topological polar surface area (TPSA) is 58.6 Å². The van der Waals surface area contributed by atoms with Crippen molar-refractivity contribution >= 4 is 15.7 Å². The highest BCUT2D eigenvalue weighted by molar-refractivity contribution is 7.89. The van der Waals surface area contributed by atoms with Crippen LogP contribution < -0.4 is 10.1 Å². The first-order valence-electron chi connectivity index (χ1n) is 7.48. The summed E-state index contributed by atoms with van der Waals surface area (Å²) >= 11 is 0. The van der Waals surface area contributed by atoms with Crippen LogP contribution in [0.25, 0.3) is 0 Å². The van der Waals surface area contributed by atoms with E-state index in [9.17, 15) is 8.42 Å². The van der Waals surface area contributed by atoms with Crippen LogP contribution in [-0.4, -0.2) is 33.4 Å². The molecule has 0 aromatic heterocycles. The molecule has 0 spiro atoms. The van der Waals surface area contributed by atoms with E-state index in [-0.39, 0.29) is 4.90 Å². The maximum atomic E-state index is 12.2. The van der Waals surface area contributed by atoms with E-state index < -0.39 is 10.0 Å². The molecule has 1 aliphatic rings. The van der Waals surface area contributed by atoms with Crippen molar-refractivity contribution in [3.63, 3.8) is 0 Å². The Balaban J connectivity index is 1.79. The summed E-state index contributed by atoms with van der Waals surface area (Å²) in [5, 5.41) is 3.33. The Hall–Kier alpha value is -2.05. The Morgan fingerprint density at radius 3 is 2.74 bits per heavy atom. The van der Waals surface area contributed by atoms with E-state index in [1.807, 2.05) is 18.2 Å². The number of benzene rings is 2. The fraction of sp³-hybridized carbons (Fsp3) is 0.294. The fourth-order valence-electron chi connectivity index (χ4n) is 2.60. The number of hydrogen-bond donors (Lipinski definition) is 1. The lowest BCUT2D eigenvalue weighted by molar-refractivity contribution is 0.307. The highest BCUT2D eigenvalue weighted by atomic mass is 32.2. The Morgan fingerprint density at radius 1 is 1.17 bits per heavy atom. The van der Waals surface area contributed by atoms with Crippen molar-refractivity contribution in [2.24, 2.45) is 0 Å². The number of rotatable bonds is 5. The van der Waals surface area contributed by atoms with E-state index in [1.165, 1.54) is 24.0 Å². The Bertz CT molecular complexity index is 816. The van der Waals surface area contributed by atoms with Crippen LogP contribution in [0.1, 0.15) is 11.1 Å². The zero-order valence-corrected chi connectivity index (χ0v) is 14.1. The first-order chi connectivity index (χ1) is 11.0. The number of hydrogen-bond acceptors (Lipinski definition) is 4. The van der Waals surface area contributed by atoms with Gasteiger partial charge in [0.25, 0.3) is 0 Å². The summed E-state index contributed by atoms with van der Waals surface area (Å²) in [6.07, 6.45) is 1.00. The molecule has 5 nitrogen and oxygen atoms in total. The summed E-state index contributed by atoms with van der Waals surface area (Å²) < 4.78 is 31.5. The van der Waals surface area contributed by atoms with Gasteiger partial charge >= 0.3 is 0 Å². The zero-order chi connectivity index (χ0) is 16.4. The second-order valence-corrected chi connectivity index (χ2v) is 7.84. The molecule has 1 N–H and O–H groups in total. The lowest BCUT2D eigenvalue weighted by Crippen LogP contribution is -2.22. The normalized spacial score (nSPS) is 13.7. The van der Waals surface area contributed by atoms with Crippen molar-refractivity contribution in [2.45, 2.75) is 17.9 Å². The highest BCUT2D eigenvalue weighted by Crippen LogP contribution is 2.33. The van der Waals surface area contributed by atoms with Gasteiger partial charge in [0, 0.05) is 20.6 Å². The van der Waals surface area contributed by atoms with Crippen LogP contribution in [-0.2, 0) is 23.1 Å². The van der Waals surface area contributed by atoms with Gasteiger partial charge in [-0.3, -0.25) is 0 Å². The molecule has 122 valence electrons. The molecule has 1 heterocycles. The number of sulfonamides is 1. The van der Waals surface area contributed by atoms with E-state index >= 15 is 0 Å². The molecule has 0 aliphatic carbocycles. The molecule has 0 bridgehead atoms. The van der Waals surface area contributed by atoms with Gasteiger partial charge in [-0.05, 0) is 35.7 Å². The lowest BCUT2D eigenvalue weighted by Gasteiger charge is -2.14. The van der Waals surface area contributed by atoms with Gasteiger partial charge in [0.05, 0.1) is 10.6 Å². The van der Waals surface area contributed by atoms with Crippen LogP contribution >= 0.6 is 0 Å². The van der Waals surface area contributed by atoms with Crippen molar-refractivity contribution in [2.75, 3.05) is 26.0 Å². The second-order valence-electron chi connectivity index (χ2n) is 5.69. The molecule has 0 saturated heterocycles. The Labute approximate surface area is 136 Å². The Kier molecular flexibility index (Phi) is 4.28. The van der Waals surface area contributed by atoms with Gasteiger partial charge < -0.3 is 10.1 Å². The van der Waals surface area contributed by atoms with Crippen molar-refractivity contribution < 1.29 is 13.2 Å². The maximum Gasteiger partial charge on any atom is 0.242 e. The molecule has 2 aromatic rings. The molecule has 3 rings (SSSR count). The standard InChI is InChI=1S/C17H20N2O3S/c1-19(2)23(20,21)15-7-3-5-13(11-15)12-22-16-8-4-6-14-9-10-18-17(14)16/h3-8,11,18H,9-10,12H2,1-2H3. The number of ether oxygens (including phenoxy) is 1. The molecule has 1 aliphatic heterocycles. The first-order valence-corrected chi connectivity index (χ1v) is 8.92. The van der Waals surface area contributed by atoms with Crippen LogP contribution in [0.5, 0.6) is 5.75 Å². The maximum absolute atomic E-state index is 12.2. The van der Waals surface area contributed by atoms with Crippen molar-refractivity contribution in [3.05, 3.63) is 53.6 Å². The summed E-state index contributed by atoms with van der Waals surface area (Å²) in [6, 6.07) is 12.9. The van der Waals surface area contributed by atoms with E-state index in [1.54, 1.807) is 18.2 Å².